The summed E-state index contributed by atoms with van der Waals surface area (Å²) in [5.74, 6) is -0.265. The van der Waals surface area contributed by atoms with Crippen LogP contribution in [0.1, 0.15) is 26.0 Å². The first-order valence-corrected chi connectivity index (χ1v) is 6.53. The van der Waals surface area contributed by atoms with E-state index in [9.17, 15) is 15.2 Å². The molecule has 1 atom stereocenters. The van der Waals surface area contributed by atoms with Crippen LogP contribution in [-0.4, -0.2) is 40.3 Å². The molecule has 0 bridgehead atoms. The zero-order chi connectivity index (χ0) is 15.2. The lowest BCUT2D eigenvalue weighted by Crippen LogP contribution is -2.43. The van der Waals surface area contributed by atoms with Gasteiger partial charge < -0.3 is 25.3 Å². The van der Waals surface area contributed by atoms with E-state index in [1.807, 2.05) is 6.92 Å². The molecular formula is C13H21N3O4. The Morgan fingerprint density at radius 2 is 2.25 bits per heavy atom. The van der Waals surface area contributed by atoms with Gasteiger partial charge in [-0.25, -0.2) is 0 Å². The molecule has 0 radical (unpaired) electrons. The van der Waals surface area contributed by atoms with Gasteiger partial charge in [-0.2, -0.15) is 0 Å². The van der Waals surface area contributed by atoms with Crippen LogP contribution in [0.25, 0.3) is 0 Å². The summed E-state index contributed by atoms with van der Waals surface area (Å²) in [6.45, 7) is 6.41. The fourth-order valence-electron chi connectivity index (χ4n) is 1.59. The highest BCUT2D eigenvalue weighted by atomic mass is 16.6. The monoisotopic (exact) mass is 283 g/mol. The van der Waals surface area contributed by atoms with Crippen LogP contribution in [0.3, 0.4) is 0 Å². The molecule has 1 rings (SSSR count). The minimum atomic E-state index is -1.10. The molecule has 112 valence electrons. The lowest BCUT2D eigenvalue weighted by atomic mass is 10.1. The van der Waals surface area contributed by atoms with E-state index in [1.165, 1.54) is 6.07 Å². The Labute approximate surface area is 118 Å². The molecular weight excluding hydrogens is 262 g/mol. The van der Waals surface area contributed by atoms with Crippen molar-refractivity contribution >= 4 is 5.82 Å². The van der Waals surface area contributed by atoms with E-state index >= 15 is 0 Å². The van der Waals surface area contributed by atoms with Gasteiger partial charge in [-0.05, 0) is 41.9 Å². The minimum Gasteiger partial charge on any atom is -0.483 e. The number of ether oxygens (including phenoxy) is 1. The molecule has 0 aliphatic rings. The fraction of sp³-hybridized carbons (Fsp3) is 0.615. The first-order chi connectivity index (χ1) is 9.35. The van der Waals surface area contributed by atoms with Crippen molar-refractivity contribution in [3.63, 3.8) is 0 Å². The van der Waals surface area contributed by atoms with Crippen molar-refractivity contribution in [3.05, 3.63) is 27.9 Å². The highest BCUT2D eigenvalue weighted by Gasteiger charge is 2.24. The number of pyridine rings is 1. The molecule has 0 aliphatic heterocycles. The second kappa shape index (κ2) is 7.16. The van der Waals surface area contributed by atoms with E-state index in [1.54, 1.807) is 19.9 Å². The molecule has 0 aromatic carbocycles. The Balaban J connectivity index is 2.67. The zero-order valence-electron chi connectivity index (χ0n) is 12.0. The van der Waals surface area contributed by atoms with Gasteiger partial charge in [0, 0.05) is 13.5 Å². The van der Waals surface area contributed by atoms with Gasteiger partial charge in [0.05, 0.1) is 0 Å². The summed E-state index contributed by atoms with van der Waals surface area (Å²) in [4.78, 5) is 14.1. The summed E-state index contributed by atoms with van der Waals surface area (Å²) < 4.78 is 5.35. The number of hydrogen-bond acceptors (Lipinski definition) is 6. The van der Waals surface area contributed by atoms with Crippen LogP contribution in [0.2, 0.25) is 0 Å². The molecule has 1 unspecified atom stereocenters. The van der Waals surface area contributed by atoms with Crippen molar-refractivity contribution in [1.29, 1.82) is 0 Å². The summed E-state index contributed by atoms with van der Waals surface area (Å²) in [7, 11) is 0. The fourth-order valence-corrected chi connectivity index (χ4v) is 1.59. The maximum absolute atomic E-state index is 10.9. The lowest BCUT2D eigenvalue weighted by Gasteiger charge is -2.23. The molecule has 1 aromatic rings. The summed E-state index contributed by atoms with van der Waals surface area (Å²) in [5.41, 5.74) is -0.561. The van der Waals surface area contributed by atoms with Crippen LogP contribution < -0.4 is 10.1 Å². The predicted molar refractivity (Wildman–Crippen MR) is 74.9 cm³/mol. The highest BCUT2D eigenvalue weighted by molar-refractivity contribution is 5.40. The Kier molecular flexibility index (Phi) is 5.84. The number of nitro groups is 1. The first-order valence-electron chi connectivity index (χ1n) is 6.53. The number of aliphatic hydroxyl groups is 1. The minimum absolute atomic E-state index is 0.0463. The number of aromatic nitrogens is 1. The summed E-state index contributed by atoms with van der Waals surface area (Å²) in [6, 6.07) is 3.13. The number of aryl methyl sites for hydroxylation is 1. The van der Waals surface area contributed by atoms with Gasteiger partial charge in [0.1, 0.15) is 17.9 Å². The maximum atomic E-state index is 10.9. The summed E-state index contributed by atoms with van der Waals surface area (Å²) in [5, 5.41) is 24.1. The average Bonchev–Trinajstić information content (AvgIpc) is 2.37. The molecule has 0 amide bonds. The normalized spacial score (nSPS) is 13.8. The van der Waals surface area contributed by atoms with E-state index in [-0.39, 0.29) is 18.2 Å². The van der Waals surface area contributed by atoms with Crippen LogP contribution in [0.15, 0.2) is 12.1 Å². The zero-order valence-corrected chi connectivity index (χ0v) is 12.0. The topological polar surface area (TPSA) is 97.5 Å². The molecule has 1 heterocycles. The predicted octanol–water partition coefficient (Wildman–Crippen LogP) is 1.43. The van der Waals surface area contributed by atoms with Crippen LogP contribution >= 0.6 is 0 Å². The third kappa shape index (κ3) is 5.10. The van der Waals surface area contributed by atoms with Crippen LogP contribution in [0.5, 0.6) is 5.75 Å². The molecule has 0 fully saturated rings. The average molecular weight is 283 g/mol. The Hall–Kier alpha value is -1.73. The number of nitrogens with zero attached hydrogens (tertiary/aromatic N) is 2. The second-order valence-electron chi connectivity index (χ2n) is 4.99. The highest BCUT2D eigenvalue weighted by Crippen LogP contribution is 2.25. The maximum Gasteiger partial charge on any atom is 0.406 e. The van der Waals surface area contributed by atoms with Crippen LogP contribution in [-0.2, 0) is 0 Å². The van der Waals surface area contributed by atoms with E-state index < -0.39 is 10.5 Å². The van der Waals surface area contributed by atoms with E-state index in [2.05, 4.69) is 10.3 Å². The molecule has 1 aromatic heterocycles. The third-order valence-corrected chi connectivity index (χ3v) is 2.62. The molecule has 20 heavy (non-hydrogen) atoms. The standard InChI is InChI=1S/C13H21N3O4/c1-4-7-14-8-13(3,17)9-20-11-6-5-10(2)15-12(11)16(18)19/h5-6,14,17H,4,7-9H2,1-3H3. The molecule has 0 aliphatic carbocycles. The first kappa shape index (κ1) is 16.3. The second-order valence-corrected chi connectivity index (χ2v) is 4.99. The van der Waals surface area contributed by atoms with Crippen LogP contribution in [0, 0.1) is 17.0 Å². The van der Waals surface area contributed by atoms with Gasteiger partial charge in [-0.1, -0.05) is 6.92 Å². The van der Waals surface area contributed by atoms with Crippen molar-refractivity contribution < 1.29 is 14.8 Å². The van der Waals surface area contributed by atoms with Gasteiger partial charge in [0.25, 0.3) is 0 Å². The van der Waals surface area contributed by atoms with Crippen molar-refractivity contribution in [2.75, 3.05) is 19.7 Å². The Bertz CT molecular complexity index is 463. The molecule has 0 saturated carbocycles. The van der Waals surface area contributed by atoms with Crippen molar-refractivity contribution in [1.82, 2.24) is 10.3 Å². The van der Waals surface area contributed by atoms with Crippen molar-refractivity contribution in [3.8, 4) is 5.75 Å². The Morgan fingerprint density at radius 1 is 1.55 bits per heavy atom. The van der Waals surface area contributed by atoms with Gasteiger partial charge in [0.15, 0.2) is 0 Å². The van der Waals surface area contributed by atoms with Gasteiger partial charge in [-0.3, -0.25) is 0 Å². The number of nitrogens with one attached hydrogen (secondary N) is 1. The molecule has 0 saturated heterocycles. The van der Waals surface area contributed by atoms with Crippen molar-refractivity contribution in [2.24, 2.45) is 0 Å². The Morgan fingerprint density at radius 3 is 2.85 bits per heavy atom. The van der Waals surface area contributed by atoms with Gasteiger partial charge in [0.2, 0.25) is 5.75 Å². The number of rotatable bonds is 8. The van der Waals surface area contributed by atoms with Crippen LogP contribution in [0.4, 0.5) is 5.82 Å². The van der Waals surface area contributed by atoms with Gasteiger partial charge >= 0.3 is 5.82 Å². The van der Waals surface area contributed by atoms with E-state index in [0.29, 0.717) is 12.2 Å². The van der Waals surface area contributed by atoms with E-state index in [4.69, 9.17) is 4.74 Å². The largest absolute Gasteiger partial charge is 0.483 e. The molecule has 0 spiro atoms. The third-order valence-electron chi connectivity index (χ3n) is 2.62. The molecule has 7 heteroatoms. The van der Waals surface area contributed by atoms with Crippen molar-refractivity contribution in [2.45, 2.75) is 32.8 Å². The van der Waals surface area contributed by atoms with Gasteiger partial charge in [-0.15, -0.1) is 0 Å². The number of hydrogen-bond donors (Lipinski definition) is 2. The summed E-state index contributed by atoms with van der Waals surface area (Å²) >= 11 is 0. The lowest BCUT2D eigenvalue weighted by molar-refractivity contribution is -0.390. The molecule has 7 nitrogen and oxygen atoms in total. The SMILES string of the molecule is CCCNCC(C)(O)COc1ccc(C)nc1[N+](=O)[O-]. The molecule has 2 N–H and O–H groups in total. The van der Waals surface area contributed by atoms with E-state index in [0.717, 1.165) is 13.0 Å². The summed E-state index contributed by atoms with van der Waals surface area (Å²) in [6.07, 6.45) is 0.963. The quantitative estimate of drug-likeness (QED) is 0.425. The smallest absolute Gasteiger partial charge is 0.406 e.